The normalized spacial score (nSPS) is 10.1. The number of ether oxygens (including phenoxy) is 2. The van der Waals surface area contributed by atoms with E-state index in [1.54, 1.807) is 37.7 Å². The lowest BCUT2D eigenvalue weighted by atomic mass is 10.1. The smallest absolute Gasteiger partial charge is 0.322 e. The number of rotatable bonds is 3. The average Bonchev–Trinajstić information content (AvgIpc) is 2.55. The highest BCUT2D eigenvalue weighted by molar-refractivity contribution is 5.92. The minimum atomic E-state index is 0.227. The van der Waals surface area contributed by atoms with Gasteiger partial charge in [0, 0.05) is 17.8 Å². The van der Waals surface area contributed by atoms with Crippen LogP contribution >= 0.6 is 0 Å². The highest BCUT2D eigenvalue weighted by atomic mass is 16.5. The fourth-order valence-electron chi connectivity index (χ4n) is 2.04. The Morgan fingerprint density at radius 1 is 1.10 bits per heavy atom. The minimum absolute atomic E-state index is 0.227. The van der Waals surface area contributed by atoms with Gasteiger partial charge < -0.3 is 9.47 Å². The number of aromatic nitrogens is 2. The van der Waals surface area contributed by atoms with E-state index >= 15 is 0 Å². The van der Waals surface area contributed by atoms with Gasteiger partial charge in [0.2, 0.25) is 0 Å². The van der Waals surface area contributed by atoms with E-state index in [1.807, 2.05) is 18.2 Å². The molecule has 0 aliphatic carbocycles. The molecule has 1 heterocycles. The van der Waals surface area contributed by atoms with Crippen molar-refractivity contribution in [3.05, 3.63) is 54.4 Å². The Balaban J connectivity index is 2.20. The van der Waals surface area contributed by atoms with Crippen molar-refractivity contribution < 1.29 is 9.47 Å². The topological polar surface area (TPSA) is 68.0 Å². The molecule has 0 aliphatic heterocycles. The molecule has 0 radical (unpaired) electrons. The van der Waals surface area contributed by atoms with Gasteiger partial charge in [-0.05, 0) is 29.7 Å². The van der Waals surface area contributed by atoms with Crippen LogP contribution in [0, 0.1) is 11.3 Å². The van der Waals surface area contributed by atoms with Gasteiger partial charge in [-0.2, -0.15) is 5.26 Å². The standard InChI is InChI=1S/C16H11N3O2/c1-20-14-6-5-12-4-3-11(10-17)9-13(12)15(14)21-16-18-7-2-8-19-16/h2-9H,1H3. The molecule has 21 heavy (non-hydrogen) atoms. The second-order valence-electron chi connectivity index (χ2n) is 4.28. The van der Waals surface area contributed by atoms with Crippen molar-refractivity contribution in [2.75, 3.05) is 7.11 Å². The molecule has 1 aromatic heterocycles. The fourth-order valence-corrected chi connectivity index (χ4v) is 2.04. The molecule has 0 fully saturated rings. The number of benzene rings is 2. The van der Waals surface area contributed by atoms with Crippen LogP contribution in [0.25, 0.3) is 10.8 Å². The second-order valence-corrected chi connectivity index (χ2v) is 4.28. The lowest BCUT2D eigenvalue weighted by Crippen LogP contribution is -1.95. The van der Waals surface area contributed by atoms with Gasteiger partial charge in [0.15, 0.2) is 11.5 Å². The molecular formula is C16H11N3O2. The lowest BCUT2D eigenvalue weighted by molar-refractivity contribution is 0.371. The first kappa shape index (κ1) is 12.9. The quantitative estimate of drug-likeness (QED) is 0.734. The molecule has 0 saturated carbocycles. The van der Waals surface area contributed by atoms with Crippen molar-refractivity contribution >= 4 is 10.8 Å². The summed E-state index contributed by atoms with van der Waals surface area (Å²) >= 11 is 0. The maximum Gasteiger partial charge on any atom is 0.322 e. The summed E-state index contributed by atoms with van der Waals surface area (Å²) in [6.45, 7) is 0. The summed E-state index contributed by atoms with van der Waals surface area (Å²) in [6, 6.07) is 13.2. The van der Waals surface area contributed by atoms with Gasteiger partial charge in [0.1, 0.15) is 0 Å². The van der Waals surface area contributed by atoms with Crippen molar-refractivity contribution in [1.82, 2.24) is 9.97 Å². The van der Waals surface area contributed by atoms with E-state index in [0.29, 0.717) is 17.1 Å². The van der Waals surface area contributed by atoms with E-state index in [0.717, 1.165) is 10.8 Å². The molecular weight excluding hydrogens is 266 g/mol. The zero-order valence-corrected chi connectivity index (χ0v) is 11.3. The van der Waals surface area contributed by atoms with Crippen LogP contribution in [0.4, 0.5) is 0 Å². The third-order valence-corrected chi connectivity index (χ3v) is 3.02. The number of methoxy groups -OCH3 is 1. The van der Waals surface area contributed by atoms with Crippen molar-refractivity contribution in [3.63, 3.8) is 0 Å². The Labute approximate surface area is 121 Å². The molecule has 5 heteroatoms. The maximum atomic E-state index is 9.06. The maximum absolute atomic E-state index is 9.06. The third kappa shape index (κ3) is 2.47. The minimum Gasteiger partial charge on any atom is -0.493 e. The molecule has 3 rings (SSSR count). The van der Waals surface area contributed by atoms with E-state index in [9.17, 15) is 0 Å². The van der Waals surface area contributed by atoms with Gasteiger partial charge in [-0.1, -0.05) is 12.1 Å². The largest absolute Gasteiger partial charge is 0.493 e. The van der Waals surface area contributed by atoms with Crippen LogP contribution in [-0.4, -0.2) is 17.1 Å². The van der Waals surface area contributed by atoms with E-state index < -0.39 is 0 Å². The van der Waals surface area contributed by atoms with Crippen molar-refractivity contribution in [1.29, 1.82) is 5.26 Å². The SMILES string of the molecule is COc1ccc2ccc(C#N)cc2c1Oc1ncccn1. The summed E-state index contributed by atoms with van der Waals surface area (Å²) in [4.78, 5) is 8.09. The highest BCUT2D eigenvalue weighted by Crippen LogP contribution is 2.38. The number of nitrogens with zero attached hydrogens (tertiary/aromatic N) is 3. The Bertz CT molecular complexity index is 826. The van der Waals surface area contributed by atoms with Gasteiger partial charge >= 0.3 is 6.01 Å². The summed E-state index contributed by atoms with van der Waals surface area (Å²) in [6.07, 6.45) is 3.20. The molecule has 0 N–H and O–H groups in total. The van der Waals surface area contributed by atoms with Gasteiger partial charge in [-0.15, -0.1) is 0 Å². The Morgan fingerprint density at radius 2 is 1.86 bits per heavy atom. The molecule has 102 valence electrons. The van der Waals surface area contributed by atoms with Crippen LogP contribution in [0.3, 0.4) is 0 Å². The molecule has 0 saturated heterocycles. The predicted molar refractivity (Wildman–Crippen MR) is 77.3 cm³/mol. The summed E-state index contributed by atoms with van der Waals surface area (Å²) in [5, 5.41) is 10.8. The molecule has 0 spiro atoms. The molecule has 2 aromatic carbocycles. The molecule has 0 aliphatic rings. The van der Waals surface area contributed by atoms with Gasteiger partial charge in [0.05, 0.1) is 18.7 Å². The first-order valence-electron chi connectivity index (χ1n) is 6.27. The number of hydrogen-bond acceptors (Lipinski definition) is 5. The second kappa shape index (κ2) is 5.47. The number of hydrogen-bond donors (Lipinski definition) is 0. The van der Waals surface area contributed by atoms with Crippen molar-refractivity contribution in [3.8, 4) is 23.6 Å². The van der Waals surface area contributed by atoms with Crippen molar-refractivity contribution in [2.45, 2.75) is 0 Å². The first-order chi connectivity index (χ1) is 10.3. The first-order valence-corrected chi connectivity index (χ1v) is 6.27. The molecule has 0 unspecified atom stereocenters. The van der Waals surface area contributed by atoms with Crippen LogP contribution in [0.5, 0.6) is 17.5 Å². The number of nitriles is 1. The molecule has 5 nitrogen and oxygen atoms in total. The Kier molecular flexibility index (Phi) is 3.36. The van der Waals surface area contributed by atoms with E-state index in [1.165, 1.54) is 0 Å². The van der Waals surface area contributed by atoms with Crippen LogP contribution in [0.2, 0.25) is 0 Å². The molecule has 0 bridgehead atoms. The lowest BCUT2D eigenvalue weighted by Gasteiger charge is -2.12. The Morgan fingerprint density at radius 3 is 2.57 bits per heavy atom. The van der Waals surface area contributed by atoms with Crippen LogP contribution in [0.15, 0.2) is 48.8 Å². The predicted octanol–water partition coefficient (Wildman–Crippen LogP) is 3.30. The van der Waals surface area contributed by atoms with E-state index in [2.05, 4.69) is 16.0 Å². The molecule has 0 atom stereocenters. The van der Waals surface area contributed by atoms with Crippen LogP contribution < -0.4 is 9.47 Å². The Hall–Kier alpha value is -3.13. The van der Waals surface area contributed by atoms with Crippen LogP contribution in [0.1, 0.15) is 5.56 Å². The zero-order chi connectivity index (χ0) is 14.7. The summed E-state index contributed by atoms with van der Waals surface area (Å²) < 4.78 is 11.1. The van der Waals surface area contributed by atoms with Crippen molar-refractivity contribution in [2.24, 2.45) is 0 Å². The monoisotopic (exact) mass is 277 g/mol. The average molecular weight is 277 g/mol. The van der Waals surface area contributed by atoms with E-state index in [-0.39, 0.29) is 6.01 Å². The molecule has 3 aromatic rings. The summed E-state index contributed by atoms with van der Waals surface area (Å²) in [7, 11) is 1.56. The third-order valence-electron chi connectivity index (χ3n) is 3.02. The van der Waals surface area contributed by atoms with Crippen LogP contribution in [-0.2, 0) is 0 Å². The summed E-state index contributed by atoms with van der Waals surface area (Å²) in [5.74, 6) is 1.06. The number of fused-ring (bicyclic) bond motifs is 1. The highest BCUT2D eigenvalue weighted by Gasteiger charge is 2.12. The van der Waals surface area contributed by atoms with Gasteiger partial charge in [0.25, 0.3) is 0 Å². The summed E-state index contributed by atoms with van der Waals surface area (Å²) in [5.41, 5.74) is 0.551. The zero-order valence-electron chi connectivity index (χ0n) is 11.3. The van der Waals surface area contributed by atoms with E-state index in [4.69, 9.17) is 14.7 Å². The molecule has 0 amide bonds. The van der Waals surface area contributed by atoms with Gasteiger partial charge in [-0.25, -0.2) is 9.97 Å². The van der Waals surface area contributed by atoms with Gasteiger partial charge in [-0.3, -0.25) is 0 Å². The fraction of sp³-hybridized carbons (Fsp3) is 0.0625.